The minimum atomic E-state index is -0.535. The summed E-state index contributed by atoms with van der Waals surface area (Å²) in [7, 11) is 0. The smallest absolute Gasteiger partial charge is 0.247 e. The van der Waals surface area contributed by atoms with Gasteiger partial charge in [0, 0.05) is 17.0 Å². The van der Waals surface area contributed by atoms with Gasteiger partial charge in [0.15, 0.2) is 0 Å². The molecule has 2 saturated carbocycles. The van der Waals surface area contributed by atoms with E-state index in [0.717, 1.165) is 36.1 Å². The summed E-state index contributed by atoms with van der Waals surface area (Å²) in [4.78, 5) is 29.4. The van der Waals surface area contributed by atoms with Gasteiger partial charge in [-0.2, -0.15) is 0 Å². The Morgan fingerprint density at radius 3 is 2.41 bits per heavy atom. The van der Waals surface area contributed by atoms with Crippen molar-refractivity contribution in [2.45, 2.75) is 63.1 Å². The average molecular weight is 383 g/mol. The molecule has 0 saturated heterocycles. The molecule has 0 radical (unpaired) electrons. The van der Waals surface area contributed by atoms with E-state index in [-0.39, 0.29) is 23.9 Å². The van der Waals surface area contributed by atoms with Crippen molar-refractivity contribution in [3.63, 3.8) is 0 Å². The predicted molar refractivity (Wildman–Crippen MR) is 107 cm³/mol. The number of carbonyl (C=O) groups is 2. The molecule has 0 spiro atoms. The van der Waals surface area contributed by atoms with Crippen LogP contribution in [0.3, 0.4) is 0 Å². The minimum absolute atomic E-state index is 0.0282. The number of carbonyl (C=O) groups excluding carboxylic acids is 2. The normalized spacial score (nSPS) is 18.2. The molecule has 142 valence electrons. The molecule has 1 heterocycles. The molecule has 1 atom stereocenters. The second-order valence-electron chi connectivity index (χ2n) is 7.59. The van der Waals surface area contributed by atoms with Crippen LogP contribution in [0.1, 0.15) is 55.0 Å². The standard InChI is InChI=1S/C22H26N2O2S/c25-20(15-19-11-6-14-27-19)24(18-12-13-18)21(16-7-2-1-3-8-16)22(26)23-17-9-4-5-10-17/h1-3,6-8,11,14,17-18,21H,4-5,9-10,12-13,15H2,(H,23,26)/t21-/m1/s1. The van der Waals surface area contributed by atoms with Crippen LogP contribution in [-0.4, -0.2) is 28.8 Å². The third-order valence-electron chi connectivity index (χ3n) is 5.48. The van der Waals surface area contributed by atoms with Gasteiger partial charge in [-0.05, 0) is 42.7 Å². The molecule has 2 aromatic rings. The molecule has 0 aliphatic heterocycles. The molecule has 4 nitrogen and oxygen atoms in total. The molecule has 2 amide bonds. The molecule has 1 aromatic heterocycles. The fraction of sp³-hybridized carbons (Fsp3) is 0.455. The van der Waals surface area contributed by atoms with Gasteiger partial charge in [0.05, 0.1) is 6.42 Å². The molecule has 4 rings (SSSR count). The number of hydrogen-bond donors (Lipinski definition) is 1. The van der Waals surface area contributed by atoms with E-state index in [2.05, 4.69) is 5.32 Å². The third kappa shape index (κ3) is 4.41. The minimum Gasteiger partial charge on any atom is -0.351 e. The number of hydrogen-bond acceptors (Lipinski definition) is 3. The summed E-state index contributed by atoms with van der Waals surface area (Å²) in [6.45, 7) is 0. The van der Waals surface area contributed by atoms with E-state index in [1.807, 2.05) is 52.7 Å². The molecular formula is C22H26N2O2S. The van der Waals surface area contributed by atoms with Crippen molar-refractivity contribution < 1.29 is 9.59 Å². The lowest BCUT2D eigenvalue weighted by Crippen LogP contribution is -2.47. The maximum atomic E-state index is 13.3. The number of rotatable bonds is 7. The van der Waals surface area contributed by atoms with Gasteiger partial charge < -0.3 is 10.2 Å². The molecule has 27 heavy (non-hydrogen) atoms. The Morgan fingerprint density at radius 2 is 1.78 bits per heavy atom. The van der Waals surface area contributed by atoms with Crippen molar-refractivity contribution in [1.29, 1.82) is 0 Å². The zero-order valence-electron chi connectivity index (χ0n) is 15.5. The van der Waals surface area contributed by atoms with E-state index < -0.39 is 6.04 Å². The maximum Gasteiger partial charge on any atom is 0.247 e. The van der Waals surface area contributed by atoms with Crippen LogP contribution in [0.15, 0.2) is 47.8 Å². The fourth-order valence-corrected chi connectivity index (χ4v) is 4.68. The topological polar surface area (TPSA) is 49.4 Å². The Hall–Kier alpha value is -2.14. The van der Waals surface area contributed by atoms with Gasteiger partial charge in [-0.15, -0.1) is 11.3 Å². The van der Waals surface area contributed by atoms with E-state index in [1.165, 1.54) is 12.8 Å². The van der Waals surface area contributed by atoms with Crippen molar-refractivity contribution in [1.82, 2.24) is 10.2 Å². The Bertz CT molecular complexity index is 765. The largest absolute Gasteiger partial charge is 0.351 e. The van der Waals surface area contributed by atoms with Gasteiger partial charge in [0.25, 0.3) is 0 Å². The van der Waals surface area contributed by atoms with Gasteiger partial charge in [-0.1, -0.05) is 49.2 Å². The van der Waals surface area contributed by atoms with Crippen molar-refractivity contribution in [3.8, 4) is 0 Å². The van der Waals surface area contributed by atoms with E-state index in [9.17, 15) is 9.59 Å². The van der Waals surface area contributed by atoms with Crippen LogP contribution in [0.4, 0.5) is 0 Å². The van der Waals surface area contributed by atoms with Gasteiger partial charge in [0.2, 0.25) is 11.8 Å². The van der Waals surface area contributed by atoms with Gasteiger partial charge in [-0.3, -0.25) is 9.59 Å². The van der Waals surface area contributed by atoms with E-state index in [4.69, 9.17) is 0 Å². The second-order valence-corrected chi connectivity index (χ2v) is 8.62. The molecule has 1 N–H and O–H groups in total. The summed E-state index contributed by atoms with van der Waals surface area (Å²) in [6, 6.07) is 13.6. The Morgan fingerprint density at radius 1 is 1.04 bits per heavy atom. The Kier molecular flexibility index (Phi) is 5.58. The number of thiophene rings is 1. The highest BCUT2D eigenvalue weighted by molar-refractivity contribution is 7.10. The lowest BCUT2D eigenvalue weighted by atomic mass is 10.0. The van der Waals surface area contributed by atoms with Crippen molar-refractivity contribution in [3.05, 3.63) is 58.3 Å². The lowest BCUT2D eigenvalue weighted by Gasteiger charge is -2.32. The van der Waals surface area contributed by atoms with Crippen LogP contribution < -0.4 is 5.32 Å². The first kappa shape index (κ1) is 18.2. The number of nitrogens with zero attached hydrogens (tertiary/aromatic N) is 1. The molecule has 2 aliphatic carbocycles. The SMILES string of the molecule is O=C(NC1CCCC1)[C@@H](c1ccccc1)N(C(=O)Cc1cccs1)C1CC1. The number of benzene rings is 1. The first-order valence-corrected chi connectivity index (χ1v) is 10.8. The lowest BCUT2D eigenvalue weighted by molar-refractivity contribution is -0.141. The average Bonchev–Trinajstić information content (AvgIpc) is 3.13. The van der Waals surface area contributed by atoms with E-state index in [0.29, 0.717) is 6.42 Å². The van der Waals surface area contributed by atoms with Crippen LogP contribution in [0.25, 0.3) is 0 Å². The molecule has 0 bridgehead atoms. The molecule has 0 unspecified atom stereocenters. The Balaban J connectivity index is 1.60. The van der Waals surface area contributed by atoms with Crippen LogP contribution in [0.5, 0.6) is 0 Å². The van der Waals surface area contributed by atoms with Gasteiger partial charge in [-0.25, -0.2) is 0 Å². The van der Waals surface area contributed by atoms with Crippen molar-refractivity contribution in [2.24, 2.45) is 0 Å². The summed E-state index contributed by atoms with van der Waals surface area (Å²) >= 11 is 1.59. The molecule has 2 fully saturated rings. The van der Waals surface area contributed by atoms with E-state index in [1.54, 1.807) is 11.3 Å². The first-order chi connectivity index (χ1) is 13.2. The summed E-state index contributed by atoms with van der Waals surface area (Å²) in [5, 5.41) is 5.22. The number of amides is 2. The zero-order chi connectivity index (χ0) is 18.6. The third-order valence-corrected chi connectivity index (χ3v) is 6.35. The highest BCUT2D eigenvalue weighted by atomic mass is 32.1. The maximum absolute atomic E-state index is 13.3. The first-order valence-electron chi connectivity index (χ1n) is 9.91. The summed E-state index contributed by atoms with van der Waals surface area (Å²) in [6.07, 6.45) is 6.76. The fourth-order valence-electron chi connectivity index (χ4n) is 3.99. The predicted octanol–water partition coefficient (Wildman–Crippen LogP) is 4.08. The quantitative estimate of drug-likeness (QED) is 0.784. The van der Waals surface area contributed by atoms with Crippen molar-refractivity contribution in [2.75, 3.05) is 0 Å². The van der Waals surface area contributed by atoms with Crippen LogP contribution >= 0.6 is 11.3 Å². The van der Waals surface area contributed by atoms with E-state index >= 15 is 0 Å². The van der Waals surface area contributed by atoms with Gasteiger partial charge >= 0.3 is 0 Å². The molecule has 1 aromatic carbocycles. The van der Waals surface area contributed by atoms with Crippen LogP contribution in [0.2, 0.25) is 0 Å². The summed E-state index contributed by atoms with van der Waals surface area (Å²) in [5.41, 5.74) is 0.902. The molecule has 2 aliphatic rings. The van der Waals surface area contributed by atoms with Crippen molar-refractivity contribution >= 4 is 23.2 Å². The molecule has 5 heteroatoms. The summed E-state index contributed by atoms with van der Waals surface area (Å²) in [5.74, 6) is 0.0231. The zero-order valence-corrected chi connectivity index (χ0v) is 16.3. The van der Waals surface area contributed by atoms with Crippen LogP contribution in [-0.2, 0) is 16.0 Å². The second kappa shape index (κ2) is 8.26. The Labute approximate surface area is 164 Å². The molecular weight excluding hydrogens is 356 g/mol. The monoisotopic (exact) mass is 382 g/mol. The van der Waals surface area contributed by atoms with Crippen LogP contribution in [0, 0.1) is 0 Å². The summed E-state index contributed by atoms with van der Waals surface area (Å²) < 4.78 is 0. The number of nitrogens with one attached hydrogen (secondary N) is 1. The highest BCUT2D eigenvalue weighted by Gasteiger charge is 2.41. The highest BCUT2D eigenvalue weighted by Crippen LogP contribution is 2.36. The van der Waals surface area contributed by atoms with Gasteiger partial charge in [0.1, 0.15) is 6.04 Å².